The molecule has 0 spiro atoms. The summed E-state index contributed by atoms with van der Waals surface area (Å²) in [6.07, 6.45) is 8.73. The van der Waals surface area contributed by atoms with E-state index in [4.69, 9.17) is 9.72 Å². The molecule has 1 saturated heterocycles. The zero-order chi connectivity index (χ0) is 23.3. The van der Waals surface area contributed by atoms with Crippen molar-refractivity contribution in [2.45, 2.75) is 25.3 Å². The van der Waals surface area contributed by atoms with E-state index in [1.807, 2.05) is 11.0 Å². The quantitative estimate of drug-likeness (QED) is 0.417. The van der Waals surface area contributed by atoms with Crippen LogP contribution in [0.25, 0.3) is 0 Å². The summed E-state index contributed by atoms with van der Waals surface area (Å²) in [5.41, 5.74) is 2.82. The zero-order valence-corrected chi connectivity index (χ0v) is 18.3. The molecule has 1 aliphatic rings. The highest BCUT2D eigenvalue weighted by Crippen LogP contribution is 2.32. The number of likely N-dealkylation sites (tertiary alicyclic amines) is 1. The van der Waals surface area contributed by atoms with Gasteiger partial charge in [0, 0.05) is 37.1 Å². The highest BCUT2D eigenvalue weighted by atomic mass is 19.1. The molecule has 1 amide bonds. The maximum absolute atomic E-state index is 13.6. The topological polar surface area (TPSA) is 81.1 Å². The lowest BCUT2D eigenvalue weighted by Gasteiger charge is -2.24. The van der Waals surface area contributed by atoms with E-state index in [0.29, 0.717) is 24.3 Å². The minimum Gasteiger partial charge on any atom is -0.424 e. The van der Waals surface area contributed by atoms with Gasteiger partial charge in [-0.25, -0.2) is 14.4 Å². The van der Waals surface area contributed by atoms with Gasteiger partial charge in [0.15, 0.2) is 0 Å². The van der Waals surface area contributed by atoms with Crippen LogP contribution in [0.5, 0.6) is 11.8 Å². The van der Waals surface area contributed by atoms with E-state index in [2.05, 4.69) is 15.0 Å². The van der Waals surface area contributed by atoms with Crippen molar-refractivity contribution in [3.8, 4) is 11.8 Å². The third-order valence-corrected chi connectivity index (χ3v) is 5.66. The number of carbonyl (C=O) groups excluding carboxylic acids is 1. The molecule has 0 unspecified atom stereocenters. The molecule has 1 aliphatic heterocycles. The molecule has 0 saturated carbocycles. The van der Waals surface area contributed by atoms with E-state index < -0.39 is 0 Å². The van der Waals surface area contributed by atoms with Gasteiger partial charge in [0.25, 0.3) is 5.91 Å². The van der Waals surface area contributed by atoms with Crippen LogP contribution in [0.2, 0.25) is 0 Å². The van der Waals surface area contributed by atoms with Gasteiger partial charge in [0.2, 0.25) is 0 Å². The normalized spacial score (nSPS) is 15.3. The number of aromatic nitrogens is 4. The molecule has 2 aromatic heterocycles. The summed E-state index contributed by atoms with van der Waals surface area (Å²) < 4.78 is 19.2. The summed E-state index contributed by atoms with van der Waals surface area (Å²) >= 11 is 0. The summed E-state index contributed by atoms with van der Waals surface area (Å²) in [7, 11) is 0. The largest absolute Gasteiger partial charge is 0.424 e. The first-order valence-electron chi connectivity index (χ1n) is 11.1. The minimum atomic E-state index is -0.279. The summed E-state index contributed by atoms with van der Waals surface area (Å²) in [6, 6.07) is 15.2. The van der Waals surface area contributed by atoms with E-state index in [0.717, 1.165) is 29.8 Å². The Balaban J connectivity index is 1.34. The van der Waals surface area contributed by atoms with Crippen LogP contribution in [-0.2, 0) is 6.42 Å². The van der Waals surface area contributed by atoms with E-state index in [-0.39, 0.29) is 23.8 Å². The molecule has 170 valence electrons. The number of carbonyl (C=O) groups is 1. The van der Waals surface area contributed by atoms with Crippen molar-refractivity contribution in [1.29, 1.82) is 0 Å². The van der Waals surface area contributed by atoms with Crippen molar-refractivity contribution in [3.05, 3.63) is 108 Å². The fourth-order valence-electron chi connectivity index (χ4n) is 4.14. The Morgan fingerprint density at radius 2 is 1.91 bits per heavy atom. The number of rotatable bonds is 6. The average Bonchev–Trinajstić information content (AvgIpc) is 3.35. The maximum atomic E-state index is 13.6. The molecule has 5 rings (SSSR count). The van der Waals surface area contributed by atoms with Crippen LogP contribution in [0.3, 0.4) is 0 Å². The second-order valence-electron chi connectivity index (χ2n) is 8.06. The molecule has 2 aromatic carbocycles. The molecule has 1 atom stereocenters. The Morgan fingerprint density at radius 1 is 1.06 bits per heavy atom. The van der Waals surface area contributed by atoms with Gasteiger partial charge in [-0.3, -0.25) is 14.8 Å². The molecule has 7 nitrogen and oxygen atoms in total. The smallest absolute Gasteiger partial charge is 0.321 e. The molecular weight excluding hydrogens is 433 g/mol. The van der Waals surface area contributed by atoms with Crippen LogP contribution < -0.4 is 4.74 Å². The Labute approximate surface area is 196 Å². The number of hydrogen-bond donors (Lipinski definition) is 0. The first-order chi connectivity index (χ1) is 16.7. The molecular formula is C26H22FN5O2. The minimum absolute atomic E-state index is 0.0979. The van der Waals surface area contributed by atoms with Crippen LogP contribution in [0.15, 0.2) is 79.4 Å². The Kier molecular flexibility index (Phi) is 6.20. The van der Waals surface area contributed by atoms with Crippen molar-refractivity contribution in [2.75, 3.05) is 6.54 Å². The lowest BCUT2D eigenvalue weighted by atomic mass is 10.1. The molecule has 34 heavy (non-hydrogen) atoms. The number of nitrogens with zero attached hydrogens (tertiary/aromatic N) is 5. The Bertz CT molecular complexity index is 1300. The van der Waals surface area contributed by atoms with Gasteiger partial charge in [-0.05, 0) is 54.8 Å². The highest BCUT2D eigenvalue weighted by molar-refractivity contribution is 5.95. The summed E-state index contributed by atoms with van der Waals surface area (Å²) in [4.78, 5) is 32.4. The molecule has 8 heteroatoms. The van der Waals surface area contributed by atoms with Gasteiger partial charge in [0.1, 0.15) is 11.6 Å². The summed E-state index contributed by atoms with van der Waals surface area (Å²) in [5.74, 6) is 0.114. The van der Waals surface area contributed by atoms with Crippen molar-refractivity contribution >= 4 is 5.91 Å². The van der Waals surface area contributed by atoms with Gasteiger partial charge in [-0.2, -0.15) is 0 Å². The number of amides is 1. The Morgan fingerprint density at radius 3 is 2.76 bits per heavy atom. The van der Waals surface area contributed by atoms with E-state index in [9.17, 15) is 9.18 Å². The third-order valence-electron chi connectivity index (χ3n) is 5.66. The van der Waals surface area contributed by atoms with Crippen molar-refractivity contribution in [2.24, 2.45) is 0 Å². The number of benzene rings is 2. The van der Waals surface area contributed by atoms with Crippen LogP contribution >= 0.6 is 0 Å². The fraction of sp³-hybridized carbons (Fsp3) is 0.192. The molecule has 0 bridgehead atoms. The highest BCUT2D eigenvalue weighted by Gasteiger charge is 2.32. The molecule has 0 radical (unpaired) electrons. The van der Waals surface area contributed by atoms with Gasteiger partial charge in [0.05, 0.1) is 23.6 Å². The van der Waals surface area contributed by atoms with Gasteiger partial charge >= 0.3 is 6.01 Å². The predicted molar refractivity (Wildman–Crippen MR) is 123 cm³/mol. The number of halogens is 1. The molecule has 4 aromatic rings. The van der Waals surface area contributed by atoms with E-state index in [1.54, 1.807) is 61.2 Å². The lowest BCUT2D eigenvalue weighted by molar-refractivity contribution is 0.0732. The third kappa shape index (κ3) is 4.91. The molecule has 1 fully saturated rings. The van der Waals surface area contributed by atoms with Crippen molar-refractivity contribution in [3.63, 3.8) is 0 Å². The summed E-state index contributed by atoms with van der Waals surface area (Å²) in [5, 5.41) is 0. The van der Waals surface area contributed by atoms with Crippen LogP contribution in [-0.4, -0.2) is 37.3 Å². The maximum Gasteiger partial charge on any atom is 0.321 e. The second kappa shape index (κ2) is 9.74. The van der Waals surface area contributed by atoms with Crippen LogP contribution in [0, 0.1) is 5.82 Å². The lowest BCUT2D eigenvalue weighted by Crippen LogP contribution is -2.31. The van der Waals surface area contributed by atoms with Gasteiger partial charge in [-0.1, -0.05) is 18.2 Å². The van der Waals surface area contributed by atoms with Crippen LogP contribution in [0.1, 0.15) is 46.2 Å². The van der Waals surface area contributed by atoms with E-state index in [1.165, 1.54) is 12.1 Å². The first kappa shape index (κ1) is 21.6. The van der Waals surface area contributed by atoms with Crippen molar-refractivity contribution < 1.29 is 13.9 Å². The zero-order valence-electron chi connectivity index (χ0n) is 18.3. The standard InChI is InChI=1S/C26H22FN5O2/c27-20-7-1-5-18(13-20)14-21-16-28-17-23(31-21)24-9-3-12-32(24)25(33)19-6-2-8-22(15-19)34-26-29-10-4-11-30-26/h1-2,4-8,10-11,13,15-17,24H,3,9,12,14H2/t24-/m0/s1. The molecule has 0 N–H and O–H groups in total. The monoisotopic (exact) mass is 455 g/mol. The van der Waals surface area contributed by atoms with Crippen LogP contribution in [0.4, 0.5) is 4.39 Å². The molecule has 0 aliphatic carbocycles. The number of hydrogen-bond acceptors (Lipinski definition) is 6. The van der Waals surface area contributed by atoms with Gasteiger partial charge in [-0.15, -0.1) is 0 Å². The SMILES string of the molecule is O=C(c1cccc(Oc2ncccn2)c1)N1CCC[C@H]1c1cncc(Cc2cccc(F)c2)n1. The fourth-order valence-corrected chi connectivity index (χ4v) is 4.14. The van der Waals surface area contributed by atoms with E-state index >= 15 is 0 Å². The van der Waals surface area contributed by atoms with Crippen molar-refractivity contribution in [1.82, 2.24) is 24.8 Å². The van der Waals surface area contributed by atoms with Gasteiger partial charge < -0.3 is 9.64 Å². The summed E-state index contributed by atoms with van der Waals surface area (Å²) in [6.45, 7) is 0.631. The second-order valence-corrected chi connectivity index (χ2v) is 8.06. The molecule has 3 heterocycles. The average molecular weight is 455 g/mol. The predicted octanol–water partition coefficient (Wildman–Crippen LogP) is 4.77. The number of ether oxygens (including phenoxy) is 1. The Hall–Kier alpha value is -4.20. The first-order valence-corrected chi connectivity index (χ1v) is 11.1.